The number of nitrogens with one attached hydrogen (secondary N) is 1. The zero-order chi connectivity index (χ0) is 15.2. The molecule has 0 saturated carbocycles. The van der Waals surface area contributed by atoms with Crippen molar-refractivity contribution in [3.05, 3.63) is 41.6 Å². The highest BCUT2D eigenvalue weighted by atomic mass is 16.5. The molecule has 1 heterocycles. The second-order valence-corrected chi connectivity index (χ2v) is 4.21. The summed E-state index contributed by atoms with van der Waals surface area (Å²) in [5.41, 5.74) is 6.23. The number of nitrogens with two attached hydrogens (primary N) is 1. The lowest BCUT2D eigenvalue weighted by Gasteiger charge is -2.10. The number of carbonyl (C=O) groups is 1. The van der Waals surface area contributed by atoms with Gasteiger partial charge in [-0.05, 0) is 29.8 Å². The number of methoxy groups -OCH3 is 2. The summed E-state index contributed by atoms with van der Waals surface area (Å²) in [6.07, 6.45) is 0. The molecule has 0 atom stereocenters. The van der Waals surface area contributed by atoms with Crippen molar-refractivity contribution >= 4 is 11.7 Å². The first-order valence-corrected chi connectivity index (χ1v) is 6.22. The maximum atomic E-state index is 10.9. The van der Waals surface area contributed by atoms with Crippen molar-refractivity contribution in [2.45, 2.75) is 6.54 Å². The smallest absolute Gasteiger partial charge is 0.269 e. The van der Waals surface area contributed by atoms with Crippen molar-refractivity contribution in [2.75, 3.05) is 19.5 Å². The number of nitrogens with zero attached hydrogens (tertiary/aromatic N) is 2. The molecule has 7 heteroatoms. The molecule has 7 nitrogen and oxygen atoms in total. The minimum Gasteiger partial charge on any atom is -0.493 e. The van der Waals surface area contributed by atoms with Gasteiger partial charge in [0, 0.05) is 6.54 Å². The number of aromatic nitrogens is 2. The summed E-state index contributed by atoms with van der Waals surface area (Å²) in [4.78, 5) is 10.9. The van der Waals surface area contributed by atoms with Gasteiger partial charge in [0.2, 0.25) is 0 Å². The van der Waals surface area contributed by atoms with Crippen molar-refractivity contribution in [3.8, 4) is 11.5 Å². The number of rotatable bonds is 6. The molecular formula is C14H16N4O3. The lowest BCUT2D eigenvalue weighted by atomic mass is 10.2. The van der Waals surface area contributed by atoms with Gasteiger partial charge in [-0.1, -0.05) is 6.07 Å². The maximum Gasteiger partial charge on any atom is 0.269 e. The molecule has 0 aliphatic rings. The van der Waals surface area contributed by atoms with Gasteiger partial charge >= 0.3 is 0 Å². The van der Waals surface area contributed by atoms with E-state index >= 15 is 0 Å². The molecule has 2 rings (SSSR count). The van der Waals surface area contributed by atoms with Gasteiger partial charge in [-0.15, -0.1) is 10.2 Å². The Bertz CT molecular complexity index is 629. The summed E-state index contributed by atoms with van der Waals surface area (Å²) < 4.78 is 10.4. The Morgan fingerprint density at radius 3 is 2.48 bits per heavy atom. The summed E-state index contributed by atoms with van der Waals surface area (Å²) in [7, 11) is 3.18. The number of hydrogen-bond acceptors (Lipinski definition) is 6. The molecule has 0 spiro atoms. The Balaban J connectivity index is 2.04. The van der Waals surface area contributed by atoms with Crippen molar-refractivity contribution in [2.24, 2.45) is 5.73 Å². The molecule has 1 amide bonds. The third kappa shape index (κ3) is 3.59. The molecule has 110 valence electrons. The van der Waals surface area contributed by atoms with Gasteiger partial charge < -0.3 is 20.5 Å². The van der Waals surface area contributed by atoms with Crippen LogP contribution in [0.3, 0.4) is 0 Å². The van der Waals surface area contributed by atoms with Crippen LogP contribution >= 0.6 is 0 Å². The average Bonchev–Trinajstić information content (AvgIpc) is 2.52. The SMILES string of the molecule is COc1ccc(CNc2ccc(C(N)=O)nn2)cc1OC. The van der Waals surface area contributed by atoms with Crippen LogP contribution in [0, 0.1) is 0 Å². The first-order chi connectivity index (χ1) is 10.1. The molecule has 0 unspecified atom stereocenters. The summed E-state index contributed by atoms with van der Waals surface area (Å²) in [5.74, 6) is 1.28. The van der Waals surface area contributed by atoms with Crippen LogP contribution in [0.5, 0.6) is 11.5 Å². The topological polar surface area (TPSA) is 99.4 Å². The fourth-order valence-electron chi connectivity index (χ4n) is 1.74. The third-order valence-electron chi connectivity index (χ3n) is 2.84. The predicted octanol–water partition coefficient (Wildman–Crippen LogP) is 1.20. The normalized spacial score (nSPS) is 10.0. The van der Waals surface area contributed by atoms with Crippen LogP contribution in [-0.4, -0.2) is 30.3 Å². The zero-order valence-electron chi connectivity index (χ0n) is 11.8. The highest BCUT2D eigenvalue weighted by Gasteiger charge is 2.06. The van der Waals surface area contributed by atoms with E-state index in [1.807, 2.05) is 18.2 Å². The second kappa shape index (κ2) is 6.56. The molecule has 0 aliphatic heterocycles. The van der Waals surface area contributed by atoms with E-state index in [1.54, 1.807) is 20.3 Å². The number of amides is 1. The van der Waals surface area contributed by atoms with Crippen molar-refractivity contribution < 1.29 is 14.3 Å². The quantitative estimate of drug-likeness (QED) is 0.828. The monoisotopic (exact) mass is 288 g/mol. The van der Waals surface area contributed by atoms with E-state index in [9.17, 15) is 4.79 Å². The summed E-state index contributed by atoms with van der Waals surface area (Å²) in [6.45, 7) is 0.533. The highest BCUT2D eigenvalue weighted by molar-refractivity contribution is 5.90. The number of hydrogen-bond donors (Lipinski definition) is 2. The number of ether oxygens (including phenoxy) is 2. The molecule has 0 saturated heterocycles. The third-order valence-corrected chi connectivity index (χ3v) is 2.84. The summed E-state index contributed by atoms with van der Waals surface area (Å²) in [6, 6.07) is 8.79. The van der Waals surface area contributed by atoms with E-state index in [1.165, 1.54) is 6.07 Å². The molecule has 3 N–H and O–H groups in total. The Morgan fingerprint density at radius 1 is 1.14 bits per heavy atom. The van der Waals surface area contributed by atoms with Crippen LogP contribution in [0.25, 0.3) is 0 Å². The van der Waals surface area contributed by atoms with Gasteiger partial charge in [-0.25, -0.2) is 0 Å². The molecule has 0 aliphatic carbocycles. The van der Waals surface area contributed by atoms with Gasteiger partial charge in [0.15, 0.2) is 17.2 Å². The molecule has 1 aromatic carbocycles. The first kappa shape index (κ1) is 14.6. The predicted molar refractivity (Wildman–Crippen MR) is 77.4 cm³/mol. The van der Waals surface area contributed by atoms with E-state index in [-0.39, 0.29) is 5.69 Å². The van der Waals surface area contributed by atoms with Crippen LogP contribution < -0.4 is 20.5 Å². The van der Waals surface area contributed by atoms with Crippen LogP contribution in [0.15, 0.2) is 30.3 Å². The minimum absolute atomic E-state index is 0.131. The minimum atomic E-state index is -0.603. The largest absolute Gasteiger partial charge is 0.493 e. The standard InChI is InChI=1S/C14H16N4O3/c1-20-11-5-3-9(7-12(11)21-2)8-16-13-6-4-10(14(15)19)17-18-13/h3-7H,8H2,1-2H3,(H2,15,19)(H,16,18). The number of primary amides is 1. The molecule has 1 aromatic heterocycles. The van der Waals surface area contributed by atoms with E-state index < -0.39 is 5.91 Å². The van der Waals surface area contributed by atoms with Gasteiger partial charge in [0.1, 0.15) is 5.82 Å². The molecule has 21 heavy (non-hydrogen) atoms. The summed E-state index contributed by atoms with van der Waals surface area (Å²) >= 11 is 0. The van der Waals surface area contributed by atoms with Crippen LogP contribution in [0.1, 0.15) is 16.1 Å². The molecule has 0 fully saturated rings. The van der Waals surface area contributed by atoms with Crippen molar-refractivity contribution in [1.82, 2.24) is 10.2 Å². The molecule has 0 radical (unpaired) electrons. The Hall–Kier alpha value is -2.83. The summed E-state index contributed by atoms with van der Waals surface area (Å²) in [5, 5.41) is 10.7. The highest BCUT2D eigenvalue weighted by Crippen LogP contribution is 2.27. The van der Waals surface area contributed by atoms with Crippen LogP contribution in [0.4, 0.5) is 5.82 Å². The molecule has 0 bridgehead atoms. The van der Waals surface area contributed by atoms with Crippen molar-refractivity contribution in [1.29, 1.82) is 0 Å². The van der Waals surface area contributed by atoms with E-state index in [2.05, 4.69) is 15.5 Å². The Labute approximate surface area is 122 Å². The van der Waals surface area contributed by atoms with Gasteiger partial charge in [0.25, 0.3) is 5.91 Å². The van der Waals surface area contributed by atoms with Gasteiger partial charge in [-0.2, -0.15) is 0 Å². The molecular weight excluding hydrogens is 272 g/mol. The van der Waals surface area contributed by atoms with Gasteiger partial charge in [-0.3, -0.25) is 4.79 Å². The second-order valence-electron chi connectivity index (χ2n) is 4.21. The first-order valence-electron chi connectivity index (χ1n) is 6.22. The fraction of sp³-hybridized carbons (Fsp3) is 0.214. The average molecular weight is 288 g/mol. The number of anilines is 1. The maximum absolute atomic E-state index is 10.9. The van der Waals surface area contributed by atoms with E-state index in [0.717, 1.165) is 5.56 Å². The Morgan fingerprint density at radius 2 is 1.90 bits per heavy atom. The van der Waals surface area contributed by atoms with Gasteiger partial charge in [0.05, 0.1) is 14.2 Å². The van der Waals surface area contributed by atoms with E-state index in [4.69, 9.17) is 15.2 Å². The fourth-order valence-corrected chi connectivity index (χ4v) is 1.74. The van der Waals surface area contributed by atoms with E-state index in [0.29, 0.717) is 23.9 Å². The zero-order valence-corrected chi connectivity index (χ0v) is 11.8. The lowest BCUT2D eigenvalue weighted by molar-refractivity contribution is 0.0994. The molecule has 2 aromatic rings. The number of carbonyl (C=O) groups excluding carboxylic acids is 1. The van der Waals surface area contributed by atoms with Crippen LogP contribution in [0.2, 0.25) is 0 Å². The number of benzene rings is 1. The van der Waals surface area contributed by atoms with Crippen LogP contribution in [-0.2, 0) is 6.54 Å². The Kier molecular flexibility index (Phi) is 4.55. The lowest BCUT2D eigenvalue weighted by Crippen LogP contribution is -2.14. The van der Waals surface area contributed by atoms with Crippen molar-refractivity contribution in [3.63, 3.8) is 0 Å².